The van der Waals surface area contributed by atoms with E-state index in [0.717, 1.165) is 10.5 Å². The number of halogens is 4. The molecule has 1 aromatic carbocycles. The van der Waals surface area contributed by atoms with Crippen LogP contribution in [0.15, 0.2) is 41.1 Å². The number of hydrogen-bond donors (Lipinski definition) is 1. The maximum absolute atomic E-state index is 13.5. The van der Waals surface area contributed by atoms with Crippen molar-refractivity contribution < 1.29 is 18.4 Å². The highest BCUT2D eigenvalue weighted by Crippen LogP contribution is 2.31. The lowest BCUT2D eigenvalue weighted by molar-refractivity contribution is -0.131. The molecule has 152 valence electrons. The highest BCUT2D eigenvalue weighted by molar-refractivity contribution is 9.10. The van der Waals surface area contributed by atoms with Gasteiger partial charge >= 0.3 is 0 Å². The van der Waals surface area contributed by atoms with Gasteiger partial charge in [-0.05, 0) is 39.7 Å². The molecule has 0 radical (unpaired) electrons. The monoisotopic (exact) mass is 484 g/mol. The van der Waals surface area contributed by atoms with Gasteiger partial charge in [-0.25, -0.2) is 8.78 Å². The highest BCUT2D eigenvalue weighted by atomic mass is 79.9. The van der Waals surface area contributed by atoms with Gasteiger partial charge < -0.3 is 14.8 Å². The van der Waals surface area contributed by atoms with Crippen LogP contribution in [0.3, 0.4) is 0 Å². The SMILES string of the molecule is N#C[C@@H]1CC(F)(F)CN1C(=O)CNC(=O)c1cc(Br)n(Cc2cccc(Cl)c2)c1. The maximum atomic E-state index is 13.5. The summed E-state index contributed by atoms with van der Waals surface area (Å²) in [5.41, 5.74) is 1.24. The number of benzene rings is 1. The van der Waals surface area contributed by atoms with E-state index in [1.54, 1.807) is 29.0 Å². The van der Waals surface area contributed by atoms with Crippen LogP contribution in [-0.2, 0) is 11.3 Å². The van der Waals surface area contributed by atoms with E-state index in [4.69, 9.17) is 16.9 Å². The summed E-state index contributed by atoms with van der Waals surface area (Å²) in [4.78, 5) is 25.4. The smallest absolute Gasteiger partial charge is 0.268 e. The number of nitrogens with zero attached hydrogens (tertiary/aromatic N) is 3. The molecule has 0 bridgehead atoms. The van der Waals surface area contributed by atoms with Crippen LogP contribution < -0.4 is 5.32 Å². The van der Waals surface area contributed by atoms with Crippen molar-refractivity contribution in [1.82, 2.24) is 14.8 Å². The van der Waals surface area contributed by atoms with Crippen molar-refractivity contribution in [1.29, 1.82) is 5.26 Å². The van der Waals surface area contributed by atoms with Crippen LogP contribution in [0, 0.1) is 11.3 Å². The third-order valence-corrected chi connectivity index (χ3v) is 5.41. The van der Waals surface area contributed by atoms with Crippen molar-refractivity contribution >= 4 is 39.3 Å². The Morgan fingerprint density at radius 3 is 2.83 bits per heavy atom. The number of carbonyl (C=O) groups excluding carboxylic acids is 2. The molecule has 2 amide bonds. The summed E-state index contributed by atoms with van der Waals surface area (Å²) >= 11 is 9.36. The van der Waals surface area contributed by atoms with Gasteiger partial charge in [-0.2, -0.15) is 5.26 Å². The second-order valence-corrected chi connectivity index (χ2v) is 7.97. The number of likely N-dealkylation sites (tertiary alicyclic amines) is 1. The lowest BCUT2D eigenvalue weighted by Crippen LogP contribution is -2.42. The molecule has 1 saturated heterocycles. The van der Waals surface area contributed by atoms with Gasteiger partial charge in [-0.1, -0.05) is 23.7 Å². The first-order valence-electron chi connectivity index (χ1n) is 8.64. The molecule has 1 aromatic heterocycles. The summed E-state index contributed by atoms with van der Waals surface area (Å²) in [7, 11) is 0. The Morgan fingerprint density at radius 2 is 2.14 bits per heavy atom. The number of amides is 2. The Hall–Kier alpha value is -2.44. The van der Waals surface area contributed by atoms with E-state index in [1.807, 2.05) is 18.2 Å². The molecule has 0 unspecified atom stereocenters. The molecular weight excluding hydrogens is 470 g/mol. The molecule has 1 fully saturated rings. The highest BCUT2D eigenvalue weighted by Gasteiger charge is 2.47. The first-order chi connectivity index (χ1) is 13.7. The number of rotatable bonds is 5. The van der Waals surface area contributed by atoms with E-state index < -0.39 is 43.3 Å². The average Bonchev–Trinajstić information content (AvgIpc) is 3.18. The minimum atomic E-state index is -3.09. The van der Waals surface area contributed by atoms with Gasteiger partial charge in [-0.15, -0.1) is 0 Å². The zero-order valence-electron chi connectivity index (χ0n) is 15.0. The number of carbonyl (C=O) groups is 2. The van der Waals surface area contributed by atoms with Crippen LogP contribution in [0.1, 0.15) is 22.3 Å². The quantitative estimate of drug-likeness (QED) is 0.705. The molecule has 6 nitrogen and oxygen atoms in total. The van der Waals surface area contributed by atoms with Crippen molar-refractivity contribution in [2.24, 2.45) is 0 Å². The van der Waals surface area contributed by atoms with Crippen molar-refractivity contribution in [2.45, 2.75) is 24.9 Å². The molecule has 2 aromatic rings. The molecule has 1 atom stereocenters. The van der Waals surface area contributed by atoms with Crippen molar-refractivity contribution in [2.75, 3.05) is 13.1 Å². The van der Waals surface area contributed by atoms with E-state index in [2.05, 4.69) is 21.2 Å². The molecule has 0 aliphatic carbocycles. The third-order valence-electron chi connectivity index (χ3n) is 4.49. The molecule has 1 aliphatic heterocycles. The van der Waals surface area contributed by atoms with E-state index in [-0.39, 0.29) is 0 Å². The summed E-state index contributed by atoms with van der Waals surface area (Å²) in [5, 5.41) is 12.0. The first-order valence-corrected chi connectivity index (χ1v) is 9.81. The molecule has 0 saturated carbocycles. The third kappa shape index (κ3) is 5.14. The lowest BCUT2D eigenvalue weighted by Gasteiger charge is -2.19. The normalized spacial score (nSPS) is 17.8. The van der Waals surface area contributed by atoms with Crippen LogP contribution in [0.5, 0.6) is 0 Å². The van der Waals surface area contributed by atoms with E-state index >= 15 is 0 Å². The fourth-order valence-electron chi connectivity index (χ4n) is 3.11. The Kier molecular flexibility index (Phi) is 6.24. The van der Waals surface area contributed by atoms with Crippen LogP contribution in [-0.4, -0.2) is 46.3 Å². The fraction of sp³-hybridized carbons (Fsp3) is 0.316. The predicted octanol–water partition coefficient (Wildman–Crippen LogP) is 3.44. The van der Waals surface area contributed by atoms with Crippen molar-refractivity contribution in [3.8, 4) is 6.07 Å². The lowest BCUT2D eigenvalue weighted by atomic mass is 10.2. The summed E-state index contributed by atoms with van der Waals surface area (Å²) in [6, 6.07) is 9.39. The Morgan fingerprint density at radius 1 is 1.38 bits per heavy atom. The Balaban J connectivity index is 1.61. The van der Waals surface area contributed by atoms with Gasteiger partial charge in [0.05, 0.1) is 29.3 Å². The van der Waals surface area contributed by atoms with Crippen LogP contribution in [0.25, 0.3) is 0 Å². The van der Waals surface area contributed by atoms with Crippen molar-refractivity contribution in [3.63, 3.8) is 0 Å². The molecule has 2 heterocycles. The molecule has 10 heteroatoms. The maximum Gasteiger partial charge on any atom is 0.268 e. The largest absolute Gasteiger partial charge is 0.343 e. The number of aromatic nitrogens is 1. The summed E-state index contributed by atoms with van der Waals surface area (Å²) < 4.78 is 29.4. The van der Waals surface area contributed by atoms with Crippen LogP contribution >= 0.6 is 27.5 Å². The minimum Gasteiger partial charge on any atom is -0.343 e. The molecule has 0 spiro atoms. The topological polar surface area (TPSA) is 78.1 Å². The van der Waals surface area contributed by atoms with E-state index in [9.17, 15) is 18.4 Å². The van der Waals surface area contributed by atoms with Gasteiger partial charge in [0.2, 0.25) is 5.91 Å². The second kappa shape index (κ2) is 8.51. The van der Waals surface area contributed by atoms with Gasteiger partial charge in [0, 0.05) is 24.2 Å². The number of nitriles is 1. The van der Waals surface area contributed by atoms with Gasteiger partial charge in [-0.3, -0.25) is 9.59 Å². The average molecular weight is 486 g/mol. The van der Waals surface area contributed by atoms with Gasteiger partial charge in [0.1, 0.15) is 6.04 Å². The Bertz CT molecular complexity index is 989. The predicted molar refractivity (Wildman–Crippen MR) is 106 cm³/mol. The van der Waals surface area contributed by atoms with Crippen molar-refractivity contribution in [3.05, 3.63) is 57.3 Å². The van der Waals surface area contributed by atoms with Gasteiger partial charge in [0.15, 0.2) is 0 Å². The summed E-state index contributed by atoms with van der Waals surface area (Å²) in [5.74, 6) is -4.34. The zero-order valence-corrected chi connectivity index (χ0v) is 17.4. The first kappa shape index (κ1) is 21.3. The summed E-state index contributed by atoms with van der Waals surface area (Å²) in [6.45, 7) is -0.814. The number of hydrogen-bond acceptors (Lipinski definition) is 3. The second-order valence-electron chi connectivity index (χ2n) is 6.72. The number of alkyl halides is 2. The van der Waals surface area contributed by atoms with Crippen LogP contribution in [0.4, 0.5) is 8.78 Å². The molecule has 1 aliphatic rings. The molecule has 1 N–H and O–H groups in total. The van der Waals surface area contributed by atoms with E-state index in [1.165, 1.54) is 0 Å². The van der Waals surface area contributed by atoms with Crippen LogP contribution in [0.2, 0.25) is 5.02 Å². The molecule has 3 rings (SSSR count). The zero-order chi connectivity index (χ0) is 21.2. The summed E-state index contributed by atoms with van der Waals surface area (Å²) in [6.07, 6.45) is 0.912. The fourth-order valence-corrected chi connectivity index (χ4v) is 3.80. The standard InChI is InChI=1S/C19H16BrClF2N4O2/c20-16-5-13(10-26(16)9-12-2-1-3-14(21)4-12)18(29)25-8-17(28)27-11-19(22,23)6-15(27)7-24/h1-5,10,15H,6,8-9,11H2,(H,25,29)/t15-/m0/s1. The number of nitrogens with one attached hydrogen (secondary N) is 1. The van der Waals surface area contributed by atoms with Gasteiger partial charge in [0.25, 0.3) is 11.8 Å². The Labute approximate surface area is 179 Å². The molecule has 29 heavy (non-hydrogen) atoms. The van der Waals surface area contributed by atoms with E-state index in [0.29, 0.717) is 21.7 Å². The minimum absolute atomic E-state index is 0.301. The molecular formula is C19H16BrClF2N4O2.